The van der Waals surface area contributed by atoms with Crippen LogP contribution in [0.4, 0.5) is 0 Å². The quantitative estimate of drug-likeness (QED) is 0.804. The predicted octanol–water partition coefficient (Wildman–Crippen LogP) is 3.16. The van der Waals surface area contributed by atoms with Gasteiger partial charge in [-0.25, -0.2) is 13.4 Å². The SMILES string of the molecule is CC(C)(C)c1ccc(S(=O)(=O)N2CCC(C(=O)NCc3cscn3)CC2)cc1. The number of hydrogen-bond donors (Lipinski definition) is 1. The Bertz CT molecular complexity index is 893. The average Bonchev–Trinajstić information content (AvgIpc) is 3.19. The molecule has 0 radical (unpaired) electrons. The molecule has 0 aliphatic carbocycles. The van der Waals surface area contributed by atoms with E-state index in [1.165, 1.54) is 15.6 Å². The molecule has 0 unspecified atom stereocenters. The van der Waals surface area contributed by atoms with Crippen molar-refractivity contribution in [1.29, 1.82) is 0 Å². The van der Waals surface area contributed by atoms with Crippen LogP contribution in [0.25, 0.3) is 0 Å². The lowest BCUT2D eigenvalue weighted by Crippen LogP contribution is -2.42. The Hall–Kier alpha value is -1.77. The van der Waals surface area contributed by atoms with Gasteiger partial charge in [0, 0.05) is 24.4 Å². The predicted molar refractivity (Wildman–Crippen MR) is 111 cm³/mol. The zero-order valence-electron chi connectivity index (χ0n) is 16.5. The first-order valence-corrected chi connectivity index (χ1v) is 11.8. The molecule has 2 aromatic rings. The summed E-state index contributed by atoms with van der Waals surface area (Å²) in [5.74, 6) is -0.187. The maximum absolute atomic E-state index is 12.9. The highest BCUT2D eigenvalue weighted by Crippen LogP contribution is 2.27. The van der Waals surface area contributed by atoms with E-state index in [2.05, 4.69) is 31.1 Å². The molecular formula is C20H27N3O3S2. The van der Waals surface area contributed by atoms with Gasteiger partial charge < -0.3 is 5.32 Å². The van der Waals surface area contributed by atoms with Crippen molar-refractivity contribution in [1.82, 2.24) is 14.6 Å². The number of benzene rings is 1. The van der Waals surface area contributed by atoms with E-state index in [1.54, 1.807) is 17.6 Å². The standard InChI is InChI=1S/C20H27N3O3S2/c1-20(2,3)16-4-6-18(7-5-16)28(25,26)23-10-8-15(9-11-23)19(24)21-12-17-13-27-14-22-17/h4-7,13-15H,8-12H2,1-3H3,(H,21,24). The number of nitrogens with zero attached hydrogens (tertiary/aromatic N) is 2. The third-order valence-corrected chi connectivity index (χ3v) is 7.66. The van der Waals surface area contributed by atoms with Crippen molar-refractivity contribution < 1.29 is 13.2 Å². The monoisotopic (exact) mass is 421 g/mol. The van der Waals surface area contributed by atoms with E-state index in [0.717, 1.165) is 11.3 Å². The third kappa shape index (κ3) is 4.79. The summed E-state index contributed by atoms with van der Waals surface area (Å²) in [6.07, 6.45) is 1.06. The number of amides is 1. The van der Waals surface area contributed by atoms with Crippen molar-refractivity contribution in [3.63, 3.8) is 0 Å². The average molecular weight is 422 g/mol. The number of hydrogen-bond acceptors (Lipinski definition) is 5. The number of aromatic nitrogens is 1. The van der Waals surface area contributed by atoms with Crippen LogP contribution < -0.4 is 5.32 Å². The highest BCUT2D eigenvalue weighted by molar-refractivity contribution is 7.89. The van der Waals surface area contributed by atoms with Gasteiger partial charge in [0.15, 0.2) is 0 Å². The Kier molecular flexibility index (Phi) is 6.21. The number of thiazole rings is 1. The van der Waals surface area contributed by atoms with Crippen LogP contribution >= 0.6 is 11.3 Å². The molecule has 2 heterocycles. The van der Waals surface area contributed by atoms with Gasteiger partial charge in [0.2, 0.25) is 15.9 Å². The van der Waals surface area contributed by atoms with Crippen molar-refractivity contribution in [2.24, 2.45) is 5.92 Å². The zero-order chi connectivity index (χ0) is 20.4. The Morgan fingerprint density at radius 3 is 2.39 bits per heavy atom. The second-order valence-electron chi connectivity index (χ2n) is 8.15. The fourth-order valence-corrected chi connectivity index (χ4v) is 5.31. The van der Waals surface area contributed by atoms with Gasteiger partial charge in [-0.15, -0.1) is 11.3 Å². The van der Waals surface area contributed by atoms with Crippen molar-refractivity contribution in [3.8, 4) is 0 Å². The van der Waals surface area contributed by atoms with Gasteiger partial charge in [-0.3, -0.25) is 4.79 Å². The number of piperidine rings is 1. The number of carbonyl (C=O) groups is 1. The minimum Gasteiger partial charge on any atom is -0.350 e. The van der Waals surface area contributed by atoms with Gasteiger partial charge in [-0.1, -0.05) is 32.9 Å². The first-order chi connectivity index (χ1) is 13.2. The summed E-state index contributed by atoms with van der Waals surface area (Å²) in [7, 11) is -3.53. The van der Waals surface area contributed by atoms with Gasteiger partial charge in [-0.05, 0) is 36.0 Å². The van der Waals surface area contributed by atoms with E-state index in [1.807, 2.05) is 17.5 Å². The topological polar surface area (TPSA) is 79.4 Å². The maximum Gasteiger partial charge on any atom is 0.243 e. The lowest BCUT2D eigenvalue weighted by atomic mass is 9.87. The van der Waals surface area contributed by atoms with Gasteiger partial charge in [0.05, 0.1) is 22.6 Å². The molecule has 1 aromatic heterocycles. The summed E-state index contributed by atoms with van der Waals surface area (Å²) in [5.41, 5.74) is 3.66. The molecule has 1 N–H and O–H groups in total. The van der Waals surface area contributed by atoms with E-state index in [4.69, 9.17) is 0 Å². The molecule has 1 aliphatic heterocycles. The van der Waals surface area contributed by atoms with Crippen LogP contribution in [0.3, 0.4) is 0 Å². The fourth-order valence-electron chi connectivity index (χ4n) is 3.28. The maximum atomic E-state index is 12.9. The molecule has 6 nitrogen and oxygen atoms in total. The van der Waals surface area contributed by atoms with Crippen LogP contribution in [0.1, 0.15) is 44.9 Å². The molecule has 0 bridgehead atoms. The normalized spacial score (nSPS) is 16.8. The first kappa shape index (κ1) is 21.0. The summed E-state index contributed by atoms with van der Waals surface area (Å²) in [4.78, 5) is 16.8. The lowest BCUT2D eigenvalue weighted by molar-refractivity contribution is -0.126. The smallest absolute Gasteiger partial charge is 0.243 e. The van der Waals surface area contributed by atoms with Crippen molar-refractivity contribution >= 4 is 27.3 Å². The minimum absolute atomic E-state index is 0.0213. The molecule has 152 valence electrons. The fraction of sp³-hybridized carbons (Fsp3) is 0.500. The van der Waals surface area contributed by atoms with Gasteiger partial charge >= 0.3 is 0 Å². The highest BCUT2D eigenvalue weighted by atomic mass is 32.2. The number of carbonyl (C=O) groups excluding carboxylic acids is 1. The van der Waals surface area contributed by atoms with Crippen LogP contribution in [0.2, 0.25) is 0 Å². The summed E-state index contributed by atoms with van der Waals surface area (Å²) in [6.45, 7) is 7.43. The summed E-state index contributed by atoms with van der Waals surface area (Å²) in [5, 5.41) is 4.80. The summed E-state index contributed by atoms with van der Waals surface area (Å²) < 4.78 is 27.3. The lowest BCUT2D eigenvalue weighted by Gasteiger charge is -2.30. The number of rotatable bonds is 5. The molecule has 0 saturated carbocycles. The molecule has 1 aromatic carbocycles. The van der Waals surface area contributed by atoms with E-state index in [-0.39, 0.29) is 17.2 Å². The molecule has 3 rings (SSSR count). The second-order valence-corrected chi connectivity index (χ2v) is 10.8. The molecule has 0 atom stereocenters. The minimum atomic E-state index is -3.53. The van der Waals surface area contributed by atoms with E-state index in [9.17, 15) is 13.2 Å². The zero-order valence-corrected chi connectivity index (χ0v) is 18.1. The number of sulfonamides is 1. The van der Waals surface area contributed by atoms with Crippen LogP contribution in [-0.2, 0) is 26.8 Å². The van der Waals surface area contributed by atoms with Crippen molar-refractivity contribution in [2.45, 2.75) is 50.5 Å². The molecule has 28 heavy (non-hydrogen) atoms. The molecule has 1 amide bonds. The van der Waals surface area contributed by atoms with Crippen LogP contribution in [0, 0.1) is 5.92 Å². The Morgan fingerprint density at radius 2 is 1.86 bits per heavy atom. The van der Waals surface area contributed by atoms with Gasteiger partial charge in [0.1, 0.15) is 0 Å². The van der Waals surface area contributed by atoms with Crippen molar-refractivity contribution in [2.75, 3.05) is 13.1 Å². The number of nitrogens with one attached hydrogen (secondary N) is 1. The van der Waals surface area contributed by atoms with E-state index in [0.29, 0.717) is 37.4 Å². The van der Waals surface area contributed by atoms with Gasteiger partial charge in [0.25, 0.3) is 0 Å². The van der Waals surface area contributed by atoms with Crippen LogP contribution in [-0.4, -0.2) is 36.7 Å². The molecule has 1 fully saturated rings. The second kappa shape index (κ2) is 8.31. The van der Waals surface area contributed by atoms with Crippen LogP contribution in [0.5, 0.6) is 0 Å². The Morgan fingerprint density at radius 1 is 1.21 bits per heavy atom. The molecular weight excluding hydrogens is 394 g/mol. The van der Waals surface area contributed by atoms with E-state index >= 15 is 0 Å². The highest BCUT2D eigenvalue weighted by Gasteiger charge is 2.32. The van der Waals surface area contributed by atoms with Crippen molar-refractivity contribution in [3.05, 3.63) is 46.4 Å². The largest absolute Gasteiger partial charge is 0.350 e. The van der Waals surface area contributed by atoms with Gasteiger partial charge in [-0.2, -0.15) is 4.31 Å². The molecule has 0 spiro atoms. The molecule has 1 aliphatic rings. The summed E-state index contributed by atoms with van der Waals surface area (Å²) in [6, 6.07) is 7.13. The van der Waals surface area contributed by atoms with Crippen LogP contribution in [0.15, 0.2) is 40.1 Å². The summed E-state index contributed by atoms with van der Waals surface area (Å²) >= 11 is 1.49. The Labute approximate surface area is 171 Å². The molecule has 1 saturated heterocycles. The molecule has 8 heteroatoms. The Balaban J connectivity index is 1.58. The first-order valence-electron chi connectivity index (χ1n) is 9.43. The third-order valence-electron chi connectivity index (χ3n) is 5.11. The van der Waals surface area contributed by atoms with E-state index < -0.39 is 10.0 Å².